The summed E-state index contributed by atoms with van der Waals surface area (Å²) in [6.45, 7) is 3.72. The van der Waals surface area contributed by atoms with E-state index in [0.717, 1.165) is 32.1 Å². The average molecular weight is 251 g/mol. The van der Waals surface area contributed by atoms with Gasteiger partial charge in [-0.05, 0) is 38.5 Å². The molecule has 4 heteroatoms. The zero-order chi connectivity index (χ0) is 13.2. The number of carboxylic acids is 1. The topological polar surface area (TPSA) is 66.4 Å². The minimum Gasteiger partial charge on any atom is -0.481 e. The predicted octanol–water partition coefficient (Wildman–Crippen LogP) is 2.10. The Labute approximate surface area is 107 Å². The van der Waals surface area contributed by atoms with Gasteiger partial charge in [-0.25, -0.2) is 0 Å². The number of amides is 1. The first-order valence-electron chi connectivity index (χ1n) is 6.72. The highest BCUT2D eigenvalue weighted by Crippen LogP contribution is 2.44. The summed E-state index contributed by atoms with van der Waals surface area (Å²) >= 11 is 0. The quantitative estimate of drug-likeness (QED) is 0.735. The molecular formula is C14H21NO3. The number of rotatable bonds is 5. The molecule has 2 saturated carbocycles. The molecule has 2 atom stereocenters. The summed E-state index contributed by atoms with van der Waals surface area (Å²) in [6.07, 6.45) is 7.54. The van der Waals surface area contributed by atoms with Crippen molar-refractivity contribution in [3.63, 3.8) is 0 Å². The third kappa shape index (κ3) is 2.42. The van der Waals surface area contributed by atoms with E-state index < -0.39 is 5.97 Å². The van der Waals surface area contributed by atoms with Crippen molar-refractivity contribution in [2.75, 3.05) is 0 Å². The number of aliphatic carboxylic acids is 1. The predicted molar refractivity (Wildman–Crippen MR) is 68.0 cm³/mol. The zero-order valence-electron chi connectivity index (χ0n) is 10.7. The molecule has 2 rings (SSSR count). The second-order valence-corrected chi connectivity index (χ2v) is 5.65. The Balaban J connectivity index is 1.88. The van der Waals surface area contributed by atoms with Gasteiger partial charge < -0.3 is 10.4 Å². The molecule has 1 amide bonds. The minimum atomic E-state index is -0.740. The van der Waals surface area contributed by atoms with Gasteiger partial charge in [-0.3, -0.25) is 9.59 Å². The van der Waals surface area contributed by atoms with Crippen molar-refractivity contribution in [1.29, 1.82) is 0 Å². The lowest BCUT2D eigenvalue weighted by atomic mass is 9.66. The third-order valence-corrected chi connectivity index (χ3v) is 4.44. The van der Waals surface area contributed by atoms with Crippen LogP contribution in [0.3, 0.4) is 0 Å². The Hall–Kier alpha value is -1.32. The van der Waals surface area contributed by atoms with Crippen LogP contribution in [0.25, 0.3) is 0 Å². The summed E-state index contributed by atoms with van der Waals surface area (Å²) in [5.41, 5.74) is -0.247. The van der Waals surface area contributed by atoms with E-state index in [-0.39, 0.29) is 23.3 Å². The average Bonchev–Trinajstić information content (AvgIpc) is 2.71. The molecule has 0 radical (unpaired) electrons. The molecule has 0 aromatic rings. The number of carboxylic acid groups (broad SMARTS) is 1. The first-order chi connectivity index (χ1) is 8.57. The van der Waals surface area contributed by atoms with E-state index in [0.29, 0.717) is 12.8 Å². The van der Waals surface area contributed by atoms with Crippen molar-refractivity contribution < 1.29 is 14.7 Å². The first kappa shape index (κ1) is 13.1. The van der Waals surface area contributed by atoms with Gasteiger partial charge in [0.05, 0.1) is 11.3 Å². The molecule has 100 valence electrons. The standard InChI is InChI=1S/C14H21NO3/c1-2-6-14(7-3-8-14)13(18)15-11-5-4-10(9-11)12(16)17/h2,10-11H,1,3-9H2,(H,15,18)(H,16,17)/t10-,11+/m0/s1. The van der Waals surface area contributed by atoms with E-state index in [1.165, 1.54) is 0 Å². The molecule has 2 fully saturated rings. The van der Waals surface area contributed by atoms with Crippen LogP contribution >= 0.6 is 0 Å². The van der Waals surface area contributed by atoms with Gasteiger partial charge in [0.15, 0.2) is 0 Å². The fourth-order valence-corrected chi connectivity index (χ4v) is 3.08. The summed E-state index contributed by atoms with van der Waals surface area (Å²) in [5, 5.41) is 12.0. The number of nitrogens with one attached hydrogen (secondary N) is 1. The smallest absolute Gasteiger partial charge is 0.306 e. The maximum Gasteiger partial charge on any atom is 0.306 e. The Kier molecular flexibility index (Phi) is 3.73. The molecule has 0 aliphatic heterocycles. The van der Waals surface area contributed by atoms with E-state index >= 15 is 0 Å². The van der Waals surface area contributed by atoms with E-state index in [4.69, 9.17) is 5.11 Å². The monoisotopic (exact) mass is 251 g/mol. The van der Waals surface area contributed by atoms with Crippen molar-refractivity contribution in [3.8, 4) is 0 Å². The van der Waals surface area contributed by atoms with Gasteiger partial charge in [-0.15, -0.1) is 6.58 Å². The van der Waals surface area contributed by atoms with Crippen LogP contribution in [0.1, 0.15) is 44.9 Å². The van der Waals surface area contributed by atoms with Crippen molar-refractivity contribution >= 4 is 11.9 Å². The van der Waals surface area contributed by atoms with Gasteiger partial charge in [-0.1, -0.05) is 12.5 Å². The summed E-state index contributed by atoms with van der Waals surface area (Å²) in [7, 11) is 0. The van der Waals surface area contributed by atoms with E-state index in [1.807, 2.05) is 6.08 Å². The summed E-state index contributed by atoms with van der Waals surface area (Å²) < 4.78 is 0. The normalized spacial score (nSPS) is 29.3. The maximum atomic E-state index is 12.3. The van der Waals surface area contributed by atoms with Gasteiger partial charge in [-0.2, -0.15) is 0 Å². The van der Waals surface area contributed by atoms with Crippen LogP contribution in [0.5, 0.6) is 0 Å². The van der Waals surface area contributed by atoms with Gasteiger partial charge in [0.2, 0.25) is 5.91 Å². The van der Waals surface area contributed by atoms with Gasteiger partial charge in [0, 0.05) is 6.04 Å². The molecular weight excluding hydrogens is 230 g/mol. The van der Waals surface area contributed by atoms with Gasteiger partial charge >= 0.3 is 5.97 Å². The fourth-order valence-electron chi connectivity index (χ4n) is 3.08. The van der Waals surface area contributed by atoms with Crippen LogP contribution < -0.4 is 5.32 Å². The molecule has 0 heterocycles. The van der Waals surface area contributed by atoms with E-state index in [1.54, 1.807) is 0 Å². The van der Waals surface area contributed by atoms with Crippen LogP contribution in [-0.2, 0) is 9.59 Å². The minimum absolute atomic E-state index is 0.0425. The fraction of sp³-hybridized carbons (Fsp3) is 0.714. The third-order valence-electron chi connectivity index (χ3n) is 4.44. The van der Waals surface area contributed by atoms with Gasteiger partial charge in [0.25, 0.3) is 0 Å². The molecule has 0 aromatic heterocycles. The molecule has 0 saturated heterocycles. The molecule has 18 heavy (non-hydrogen) atoms. The largest absolute Gasteiger partial charge is 0.481 e. The Morgan fingerprint density at radius 1 is 1.39 bits per heavy atom. The molecule has 2 N–H and O–H groups in total. The van der Waals surface area contributed by atoms with E-state index in [9.17, 15) is 9.59 Å². The summed E-state index contributed by atoms with van der Waals surface area (Å²) in [6, 6.07) is 0.0425. The van der Waals surface area contributed by atoms with E-state index in [2.05, 4.69) is 11.9 Å². The van der Waals surface area contributed by atoms with Crippen molar-refractivity contribution in [2.24, 2.45) is 11.3 Å². The number of hydrogen-bond acceptors (Lipinski definition) is 2. The van der Waals surface area contributed by atoms with Crippen LogP contribution in [0.2, 0.25) is 0 Å². The first-order valence-corrected chi connectivity index (χ1v) is 6.72. The maximum absolute atomic E-state index is 12.3. The molecule has 0 bridgehead atoms. The van der Waals surface area contributed by atoms with Gasteiger partial charge in [0.1, 0.15) is 0 Å². The Morgan fingerprint density at radius 3 is 2.56 bits per heavy atom. The second kappa shape index (κ2) is 5.12. The highest BCUT2D eigenvalue weighted by atomic mass is 16.4. The number of carbonyl (C=O) groups excluding carboxylic acids is 1. The number of carbonyl (C=O) groups is 2. The molecule has 0 aromatic carbocycles. The molecule has 4 nitrogen and oxygen atoms in total. The van der Waals surface area contributed by atoms with Crippen molar-refractivity contribution in [3.05, 3.63) is 12.7 Å². The summed E-state index contributed by atoms with van der Waals surface area (Å²) in [5.74, 6) is -0.923. The highest BCUT2D eigenvalue weighted by molar-refractivity contribution is 5.84. The Morgan fingerprint density at radius 2 is 2.11 bits per heavy atom. The Bertz CT molecular complexity index is 360. The second-order valence-electron chi connectivity index (χ2n) is 5.65. The van der Waals surface area contributed by atoms with Crippen LogP contribution in [-0.4, -0.2) is 23.0 Å². The van der Waals surface area contributed by atoms with Crippen molar-refractivity contribution in [2.45, 2.75) is 51.0 Å². The van der Waals surface area contributed by atoms with Crippen molar-refractivity contribution in [1.82, 2.24) is 5.32 Å². The molecule has 0 unspecified atom stereocenters. The lowest BCUT2D eigenvalue weighted by Gasteiger charge is -2.40. The lowest BCUT2D eigenvalue weighted by Crippen LogP contribution is -2.48. The molecule has 0 spiro atoms. The zero-order valence-corrected chi connectivity index (χ0v) is 10.7. The number of allylic oxidation sites excluding steroid dienone is 1. The van der Waals surface area contributed by atoms with Crippen LogP contribution in [0.15, 0.2) is 12.7 Å². The number of hydrogen-bond donors (Lipinski definition) is 2. The van der Waals surface area contributed by atoms with Crippen LogP contribution in [0.4, 0.5) is 0 Å². The molecule has 2 aliphatic carbocycles. The summed E-state index contributed by atoms with van der Waals surface area (Å²) in [4.78, 5) is 23.1. The molecule has 2 aliphatic rings. The highest BCUT2D eigenvalue weighted by Gasteiger charge is 2.44. The lowest BCUT2D eigenvalue weighted by molar-refractivity contribution is -0.142. The van der Waals surface area contributed by atoms with Crippen LogP contribution in [0, 0.1) is 11.3 Å². The SMILES string of the molecule is C=CCC1(C(=O)N[C@@H]2CC[C@H](C(=O)O)C2)CCC1.